The first-order valence-corrected chi connectivity index (χ1v) is 5.54. The maximum absolute atomic E-state index is 13.4. The van der Waals surface area contributed by atoms with E-state index in [1.807, 2.05) is 0 Å². The van der Waals surface area contributed by atoms with Crippen LogP contribution in [-0.4, -0.2) is 10.7 Å². The number of aliphatic hydroxyl groups is 1. The first-order chi connectivity index (χ1) is 6.52. The summed E-state index contributed by atoms with van der Waals surface area (Å²) in [4.78, 5) is 0. The highest BCUT2D eigenvalue weighted by molar-refractivity contribution is 9.10. The van der Waals surface area contributed by atoms with E-state index in [9.17, 15) is 9.50 Å². The first kappa shape index (κ1) is 10.4. The van der Waals surface area contributed by atoms with E-state index in [2.05, 4.69) is 15.9 Å². The summed E-state index contributed by atoms with van der Waals surface area (Å²) in [6, 6.07) is 2.83. The molecule has 1 aliphatic carbocycles. The van der Waals surface area contributed by atoms with Crippen LogP contribution in [0.3, 0.4) is 0 Å². The van der Waals surface area contributed by atoms with E-state index in [0.29, 0.717) is 21.5 Å². The van der Waals surface area contributed by atoms with Crippen LogP contribution >= 0.6 is 27.5 Å². The van der Waals surface area contributed by atoms with Gasteiger partial charge in [0.1, 0.15) is 5.82 Å². The Balaban J connectivity index is 2.35. The van der Waals surface area contributed by atoms with Crippen LogP contribution in [0.25, 0.3) is 0 Å². The molecule has 0 aromatic heterocycles. The van der Waals surface area contributed by atoms with Crippen molar-refractivity contribution in [1.82, 2.24) is 0 Å². The molecular weight excluding hydrogens is 270 g/mol. The van der Waals surface area contributed by atoms with Gasteiger partial charge >= 0.3 is 0 Å². The average molecular weight is 280 g/mol. The van der Waals surface area contributed by atoms with E-state index in [-0.39, 0.29) is 5.82 Å². The monoisotopic (exact) mass is 278 g/mol. The summed E-state index contributed by atoms with van der Waals surface area (Å²) in [5.41, 5.74) is -0.230. The highest BCUT2D eigenvalue weighted by Crippen LogP contribution is 2.41. The number of rotatable bonds is 2. The summed E-state index contributed by atoms with van der Waals surface area (Å²) >= 11 is 9.07. The van der Waals surface area contributed by atoms with Crippen LogP contribution in [0.2, 0.25) is 5.02 Å². The van der Waals surface area contributed by atoms with Gasteiger partial charge in [-0.15, -0.1) is 0 Å². The molecule has 0 unspecified atom stereocenters. The second-order valence-electron chi connectivity index (χ2n) is 3.72. The summed E-state index contributed by atoms with van der Waals surface area (Å²) in [5.74, 6) is -0.318. The molecule has 0 aliphatic heterocycles. The third-order valence-electron chi connectivity index (χ3n) is 2.47. The molecule has 1 fully saturated rings. The summed E-state index contributed by atoms with van der Waals surface area (Å²) in [5, 5.41) is 10.2. The fraction of sp³-hybridized carbons (Fsp3) is 0.400. The third-order valence-corrected chi connectivity index (χ3v) is 3.92. The molecule has 0 atom stereocenters. The minimum atomic E-state index is -0.700. The van der Waals surface area contributed by atoms with Crippen LogP contribution in [0.15, 0.2) is 16.6 Å². The van der Waals surface area contributed by atoms with Crippen molar-refractivity contribution in [1.29, 1.82) is 0 Å². The molecule has 1 nitrogen and oxygen atoms in total. The number of hydrogen-bond acceptors (Lipinski definition) is 1. The predicted octanol–water partition coefficient (Wildman–Crippen LogP) is 3.31. The highest BCUT2D eigenvalue weighted by atomic mass is 79.9. The standard InChI is InChI=1S/C10H9BrClFO/c11-9-6(5-10(14)3-4-10)8(13)2-1-7(9)12/h1-2,14H,3-5H2. The Morgan fingerprint density at radius 3 is 2.71 bits per heavy atom. The Bertz CT molecular complexity index is 377. The molecule has 0 spiro atoms. The van der Waals surface area contributed by atoms with Gasteiger partial charge in [-0.3, -0.25) is 0 Å². The van der Waals surface area contributed by atoms with Gasteiger partial charge in [0.2, 0.25) is 0 Å². The Morgan fingerprint density at radius 2 is 2.14 bits per heavy atom. The van der Waals surface area contributed by atoms with E-state index in [0.717, 1.165) is 12.8 Å². The second-order valence-corrected chi connectivity index (χ2v) is 4.92. The van der Waals surface area contributed by atoms with Gasteiger partial charge in [-0.2, -0.15) is 0 Å². The number of hydrogen-bond donors (Lipinski definition) is 1. The molecule has 0 heterocycles. The van der Waals surface area contributed by atoms with E-state index in [1.54, 1.807) is 0 Å². The largest absolute Gasteiger partial charge is 0.390 e. The Labute approximate surface area is 95.0 Å². The van der Waals surface area contributed by atoms with Crippen LogP contribution in [-0.2, 0) is 6.42 Å². The van der Waals surface area contributed by atoms with Crippen molar-refractivity contribution < 1.29 is 9.50 Å². The van der Waals surface area contributed by atoms with Crippen LogP contribution in [0.1, 0.15) is 18.4 Å². The van der Waals surface area contributed by atoms with Gasteiger partial charge in [0.15, 0.2) is 0 Å². The maximum Gasteiger partial charge on any atom is 0.127 e. The quantitative estimate of drug-likeness (QED) is 0.824. The zero-order valence-electron chi connectivity index (χ0n) is 7.36. The highest BCUT2D eigenvalue weighted by Gasteiger charge is 2.41. The first-order valence-electron chi connectivity index (χ1n) is 4.37. The Morgan fingerprint density at radius 1 is 1.50 bits per heavy atom. The van der Waals surface area contributed by atoms with E-state index < -0.39 is 5.60 Å². The lowest BCUT2D eigenvalue weighted by atomic mass is 10.1. The van der Waals surface area contributed by atoms with Gasteiger partial charge in [-0.25, -0.2) is 4.39 Å². The van der Waals surface area contributed by atoms with Crippen LogP contribution in [0.5, 0.6) is 0 Å². The zero-order chi connectivity index (χ0) is 10.3. The summed E-state index contributed by atoms with van der Waals surface area (Å²) in [7, 11) is 0. The van der Waals surface area contributed by atoms with Gasteiger partial charge in [-0.1, -0.05) is 11.6 Å². The lowest BCUT2D eigenvalue weighted by molar-refractivity contribution is 0.149. The predicted molar refractivity (Wildman–Crippen MR) is 57.0 cm³/mol. The van der Waals surface area contributed by atoms with E-state index in [1.165, 1.54) is 12.1 Å². The molecule has 14 heavy (non-hydrogen) atoms. The van der Waals surface area contributed by atoms with Gasteiger partial charge in [-0.05, 0) is 40.9 Å². The Hall–Kier alpha value is -0.120. The molecule has 76 valence electrons. The van der Waals surface area contributed by atoms with Crippen molar-refractivity contribution in [3.05, 3.63) is 33.0 Å². The van der Waals surface area contributed by atoms with Crippen molar-refractivity contribution in [2.24, 2.45) is 0 Å². The van der Waals surface area contributed by atoms with Crippen LogP contribution < -0.4 is 0 Å². The average Bonchev–Trinajstić information content (AvgIpc) is 2.86. The van der Waals surface area contributed by atoms with Crippen LogP contribution in [0.4, 0.5) is 4.39 Å². The normalized spacial score (nSPS) is 18.3. The lowest BCUT2D eigenvalue weighted by Gasteiger charge is -2.11. The molecule has 1 N–H and O–H groups in total. The molecule has 0 radical (unpaired) electrons. The lowest BCUT2D eigenvalue weighted by Crippen LogP contribution is -2.12. The van der Waals surface area contributed by atoms with E-state index in [4.69, 9.17) is 11.6 Å². The van der Waals surface area contributed by atoms with Crippen LogP contribution in [0, 0.1) is 5.82 Å². The molecule has 0 bridgehead atoms. The zero-order valence-corrected chi connectivity index (χ0v) is 9.70. The fourth-order valence-corrected chi connectivity index (χ4v) is 2.02. The molecule has 0 saturated heterocycles. The minimum absolute atomic E-state index is 0.318. The molecular formula is C10H9BrClFO. The SMILES string of the molecule is OC1(Cc2c(F)ccc(Cl)c2Br)CC1. The smallest absolute Gasteiger partial charge is 0.127 e. The maximum atomic E-state index is 13.4. The molecule has 4 heteroatoms. The molecule has 0 amide bonds. The molecule has 1 saturated carbocycles. The van der Waals surface area contributed by atoms with Crippen molar-refractivity contribution in [2.75, 3.05) is 0 Å². The van der Waals surface area contributed by atoms with Gasteiger partial charge in [0, 0.05) is 16.5 Å². The number of benzene rings is 1. The summed E-state index contributed by atoms with van der Waals surface area (Å²) < 4.78 is 13.9. The second kappa shape index (κ2) is 3.47. The molecule has 1 aromatic rings. The molecule has 2 rings (SSSR count). The van der Waals surface area contributed by atoms with Gasteiger partial charge < -0.3 is 5.11 Å². The Kier molecular flexibility index (Phi) is 2.58. The third kappa shape index (κ3) is 1.95. The van der Waals surface area contributed by atoms with Crippen molar-refractivity contribution in [3.8, 4) is 0 Å². The molecule has 1 aromatic carbocycles. The molecule has 1 aliphatic rings. The minimum Gasteiger partial charge on any atom is -0.390 e. The number of halogens is 3. The fourth-order valence-electron chi connectivity index (χ4n) is 1.38. The van der Waals surface area contributed by atoms with Crippen molar-refractivity contribution in [2.45, 2.75) is 24.9 Å². The topological polar surface area (TPSA) is 20.2 Å². The van der Waals surface area contributed by atoms with Crippen molar-refractivity contribution >= 4 is 27.5 Å². The summed E-state index contributed by atoms with van der Waals surface area (Å²) in [6.45, 7) is 0. The van der Waals surface area contributed by atoms with Gasteiger partial charge in [0.05, 0.1) is 10.6 Å². The van der Waals surface area contributed by atoms with Crippen molar-refractivity contribution in [3.63, 3.8) is 0 Å². The van der Waals surface area contributed by atoms with Gasteiger partial charge in [0.25, 0.3) is 0 Å². The van der Waals surface area contributed by atoms with E-state index >= 15 is 0 Å². The summed E-state index contributed by atoms with van der Waals surface area (Å²) in [6.07, 6.45) is 1.82.